The van der Waals surface area contributed by atoms with Crippen molar-refractivity contribution in [2.45, 2.75) is 6.92 Å². The molecule has 68 valence electrons. The first kappa shape index (κ1) is 8.56. The Morgan fingerprint density at radius 3 is 2.92 bits per heavy atom. The molecular weight excluding hydrogens is 232 g/mol. The predicted molar refractivity (Wildman–Crippen MR) is 54.8 cm³/mol. The summed E-state index contributed by atoms with van der Waals surface area (Å²) in [5.41, 5.74) is 1.66. The summed E-state index contributed by atoms with van der Waals surface area (Å²) in [6.07, 6.45) is 1.92. The van der Waals surface area contributed by atoms with Crippen molar-refractivity contribution < 1.29 is 5.11 Å². The molecule has 1 aromatic heterocycles. The number of aryl methyl sites for hydroxylation is 2. The number of hydrogen-bond acceptors (Lipinski definition) is 2. The van der Waals surface area contributed by atoms with E-state index < -0.39 is 0 Å². The molecule has 0 saturated carbocycles. The maximum Gasteiger partial charge on any atom is 0.134 e. The first-order valence-electron chi connectivity index (χ1n) is 3.91. The molecule has 0 aliphatic carbocycles. The van der Waals surface area contributed by atoms with E-state index in [-0.39, 0.29) is 5.75 Å². The predicted octanol–water partition coefficient (Wildman–Crippen LogP) is 2.35. The summed E-state index contributed by atoms with van der Waals surface area (Å²) in [5, 5.41) is 14.9. The third-order valence-corrected chi connectivity index (χ3v) is 2.68. The van der Waals surface area contributed by atoms with Crippen molar-refractivity contribution in [2.24, 2.45) is 7.05 Å². The van der Waals surface area contributed by atoms with Crippen LogP contribution < -0.4 is 0 Å². The highest BCUT2D eigenvalue weighted by Gasteiger charge is 2.09. The smallest absolute Gasteiger partial charge is 0.134 e. The number of phenols is 1. The van der Waals surface area contributed by atoms with E-state index in [2.05, 4.69) is 21.0 Å². The van der Waals surface area contributed by atoms with Crippen molar-refractivity contribution in [2.75, 3.05) is 0 Å². The van der Waals surface area contributed by atoms with Crippen LogP contribution in [0.25, 0.3) is 10.9 Å². The number of hydrogen-bond donors (Lipinski definition) is 1. The molecule has 0 amide bonds. The Labute approximate surface area is 84.1 Å². The molecule has 0 aliphatic heterocycles. The van der Waals surface area contributed by atoms with Crippen molar-refractivity contribution in [3.8, 4) is 5.75 Å². The highest BCUT2D eigenvalue weighted by molar-refractivity contribution is 9.10. The normalized spacial score (nSPS) is 11.0. The number of aromatic hydroxyl groups is 1. The van der Waals surface area contributed by atoms with Gasteiger partial charge in [0.25, 0.3) is 0 Å². The largest absolute Gasteiger partial charge is 0.506 e. The van der Waals surface area contributed by atoms with Crippen LogP contribution in [0.1, 0.15) is 5.56 Å². The molecule has 0 aliphatic rings. The van der Waals surface area contributed by atoms with Gasteiger partial charge in [-0.1, -0.05) is 0 Å². The second-order valence-corrected chi connectivity index (χ2v) is 3.93. The van der Waals surface area contributed by atoms with Gasteiger partial charge in [-0.25, -0.2) is 0 Å². The molecule has 1 N–H and O–H groups in total. The fourth-order valence-corrected chi connectivity index (χ4v) is 1.94. The third kappa shape index (κ3) is 1.21. The van der Waals surface area contributed by atoms with Gasteiger partial charge < -0.3 is 5.11 Å². The SMILES string of the molecule is Cc1c(O)c(Br)cc2cn(C)nc12. The maximum absolute atomic E-state index is 9.62. The number of nitrogens with zero attached hydrogens (tertiary/aromatic N) is 2. The Balaban J connectivity index is 2.92. The minimum atomic E-state index is 0.270. The summed E-state index contributed by atoms with van der Waals surface area (Å²) < 4.78 is 2.45. The molecule has 0 fully saturated rings. The molecular formula is C9H9BrN2O. The van der Waals surface area contributed by atoms with E-state index in [1.165, 1.54) is 0 Å². The van der Waals surface area contributed by atoms with Gasteiger partial charge in [0.2, 0.25) is 0 Å². The highest BCUT2D eigenvalue weighted by atomic mass is 79.9. The van der Waals surface area contributed by atoms with Crippen LogP contribution in [0.4, 0.5) is 0 Å². The van der Waals surface area contributed by atoms with Gasteiger partial charge in [0.05, 0.1) is 9.99 Å². The van der Waals surface area contributed by atoms with Crippen LogP contribution in [0, 0.1) is 6.92 Å². The van der Waals surface area contributed by atoms with Gasteiger partial charge in [0.1, 0.15) is 5.75 Å². The van der Waals surface area contributed by atoms with Gasteiger partial charge in [-0.05, 0) is 28.9 Å². The van der Waals surface area contributed by atoms with E-state index in [1.54, 1.807) is 4.68 Å². The number of phenolic OH excluding ortho intramolecular Hbond substituents is 1. The van der Waals surface area contributed by atoms with E-state index in [1.807, 2.05) is 26.2 Å². The Kier molecular flexibility index (Phi) is 1.80. The van der Waals surface area contributed by atoms with Crippen LogP contribution >= 0.6 is 15.9 Å². The lowest BCUT2D eigenvalue weighted by atomic mass is 10.1. The molecule has 3 nitrogen and oxygen atoms in total. The van der Waals surface area contributed by atoms with Crippen molar-refractivity contribution in [1.82, 2.24) is 9.78 Å². The zero-order chi connectivity index (χ0) is 9.59. The summed E-state index contributed by atoms with van der Waals surface area (Å²) in [6, 6.07) is 1.87. The minimum absolute atomic E-state index is 0.270. The molecule has 0 radical (unpaired) electrons. The molecule has 13 heavy (non-hydrogen) atoms. The van der Waals surface area contributed by atoms with Gasteiger partial charge in [-0.3, -0.25) is 4.68 Å². The highest BCUT2D eigenvalue weighted by Crippen LogP contribution is 2.33. The fourth-order valence-electron chi connectivity index (χ4n) is 1.40. The Hall–Kier alpha value is -1.03. The molecule has 0 atom stereocenters. The number of halogens is 1. The van der Waals surface area contributed by atoms with Crippen LogP contribution in [-0.4, -0.2) is 14.9 Å². The minimum Gasteiger partial charge on any atom is -0.506 e. The van der Waals surface area contributed by atoms with Crippen molar-refractivity contribution in [3.05, 3.63) is 22.3 Å². The summed E-state index contributed by atoms with van der Waals surface area (Å²) in [5.74, 6) is 0.270. The summed E-state index contributed by atoms with van der Waals surface area (Å²) >= 11 is 3.29. The quantitative estimate of drug-likeness (QED) is 0.768. The summed E-state index contributed by atoms with van der Waals surface area (Å²) in [6.45, 7) is 1.86. The zero-order valence-electron chi connectivity index (χ0n) is 7.37. The maximum atomic E-state index is 9.62. The van der Waals surface area contributed by atoms with E-state index in [0.717, 1.165) is 16.5 Å². The monoisotopic (exact) mass is 240 g/mol. The fraction of sp³-hybridized carbons (Fsp3) is 0.222. The molecule has 0 bridgehead atoms. The molecule has 1 heterocycles. The number of benzene rings is 1. The van der Waals surface area contributed by atoms with Crippen LogP contribution in [0.3, 0.4) is 0 Å². The first-order valence-corrected chi connectivity index (χ1v) is 4.70. The van der Waals surface area contributed by atoms with Gasteiger partial charge in [0.15, 0.2) is 0 Å². The van der Waals surface area contributed by atoms with Crippen LogP contribution in [0.5, 0.6) is 5.75 Å². The Morgan fingerprint density at radius 1 is 1.54 bits per heavy atom. The second kappa shape index (κ2) is 2.73. The van der Waals surface area contributed by atoms with Crippen LogP contribution in [0.15, 0.2) is 16.7 Å². The summed E-state index contributed by atoms with van der Waals surface area (Å²) in [4.78, 5) is 0. The molecule has 0 spiro atoms. The first-order chi connectivity index (χ1) is 6.09. The molecule has 0 unspecified atom stereocenters. The zero-order valence-corrected chi connectivity index (χ0v) is 8.96. The van der Waals surface area contributed by atoms with Crippen molar-refractivity contribution in [1.29, 1.82) is 0 Å². The van der Waals surface area contributed by atoms with Gasteiger partial charge in [0, 0.05) is 24.2 Å². The lowest BCUT2D eigenvalue weighted by molar-refractivity contribution is 0.468. The average molecular weight is 241 g/mol. The molecule has 0 saturated heterocycles. The average Bonchev–Trinajstić information content (AvgIpc) is 2.42. The van der Waals surface area contributed by atoms with E-state index in [9.17, 15) is 5.11 Å². The Morgan fingerprint density at radius 2 is 2.23 bits per heavy atom. The lowest BCUT2D eigenvalue weighted by Crippen LogP contribution is -1.86. The third-order valence-electron chi connectivity index (χ3n) is 2.08. The topological polar surface area (TPSA) is 38.0 Å². The number of aromatic nitrogens is 2. The molecule has 4 heteroatoms. The van der Waals surface area contributed by atoms with Crippen molar-refractivity contribution in [3.63, 3.8) is 0 Å². The van der Waals surface area contributed by atoms with Gasteiger partial charge in [-0.2, -0.15) is 5.10 Å². The lowest BCUT2D eigenvalue weighted by Gasteiger charge is -2.00. The van der Waals surface area contributed by atoms with Crippen molar-refractivity contribution >= 4 is 26.8 Å². The van der Waals surface area contributed by atoms with E-state index in [4.69, 9.17) is 0 Å². The number of fused-ring (bicyclic) bond motifs is 1. The standard InChI is InChI=1S/C9H9BrN2O/c1-5-8-6(4-12(2)11-8)3-7(10)9(5)13/h3-4,13H,1-2H3. The molecule has 1 aromatic carbocycles. The Bertz CT molecular complexity index is 476. The van der Waals surface area contributed by atoms with Crippen LogP contribution in [0.2, 0.25) is 0 Å². The molecule has 2 rings (SSSR count). The van der Waals surface area contributed by atoms with E-state index in [0.29, 0.717) is 4.47 Å². The number of rotatable bonds is 0. The summed E-state index contributed by atoms with van der Waals surface area (Å²) in [7, 11) is 1.87. The molecule has 2 aromatic rings. The second-order valence-electron chi connectivity index (χ2n) is 3.07. The van der Waals surface area contributed by atoms with Gasteiger partial charge in [-0.15, -0.1) is 0 Å². The van der Waals surface area contributed by atoms with Crippen LogP contribution in [-0.2, 0) is 7.05 Å². The van der Waals surface area contributed by atoms with Gasteiger partial charge >= 0.3 is 0 Å². The van der Waals surface area contributed by atoms with E-state index >= 15 is 0 Å².